The number of benzene rings is 1. The highest BCUT2D eigenvalue weighted by molar-refractivity contribution is 9.10. The molecule has 0 spiro atoms. The second-order valence-electron chi connectivity index (χ2n) is 4.24. The predicted octanol–water partition coefficient (Wildman–Crippen LogP) is 3.41. The molecule has 1 aromatic heterocycles. The van der Waals surface area contributed by atoms with Crippen molar-refractivity contribution in [2.75, 3.05) is 0 Å². The lowest BCUT2D eigenvalue weighted by atomic mass is 10.0. The van der Waals surface area contributed by atoms with Crippen molar-refractivity contribution in [1.29, 1.82) is 0 Å². The van der Waals surface area contributed by atoms with Crippen LogP contribution in [0.3, 0.4) is 0 Å². The Kier molecular flexibility index (Phi) is 5.04. The van der Waals surface area contributed by atoms with E-state index in [9.17, 15) is 8.78 Å². The number of hydrogen-bond donors (Lipinski definition) is 2. The number of hydrazine groups is 1. The largest absolute Gasteiger partial charge is 0.271 e. The minimum absolute atomic E-state index is 0.0921. The van der Waals surface area contributed by atoms with Crippen molar-refractivity contribution in [3.8, 4) is 0 Å². The molecular weight excluding hydrogens is 334 g/mol. The first-order valence-electron chi connectivity index (χ1n) is 5.71. The van der Waals surface area contributed by atoms with Crippen LogP contribution in [0.2, 0.25) is 0 Å². The summed E-state index contributed by atoms with van der Waals surface area (Å²) in [6.45, 7) is 0. The summed E-state index contributed by atoms with van der Waals surface area (Å²) in [7, 11) is 0. The molecule has 0 saturated carbocycles. The Morgan fingerprint density at radius 1 is 1.26 bits per heavy atom. The third kappa shape index (κ3) is 4.07. The van der Waals surface area contributed by atoms with Crippen molar-refractivity contribution in [2.45, 2.75) is 18.9 Å². The number of hydrogen-bond acceptors (Lipinski definition) is 3. The topological polar surface area (TPSA) is 38.0 Å². The summed E-state index contributed by atoms with van der Waals surface area (Å²) in [6.07, 6.45) is 1.11. The summed E-state index contributed by atoms with van der Waals surface area (Å²) in [4.78, 5) is 1.15. The van der Waals surface area contributed by atoms with E-state index in [1.807, 2.05) is 11.4 Å². The van der Waals surface area contributed by atoms with E-state index in [-0.39, 0.29) is 6.04 Å². The van der Waals surface area contributed by atoms with Gasteiger partial charge in [-0.3, -0.25) is 11.3 Å². The van der Waals surface area contributed by atoms with E-state index in [0.717, 1.165) is 15.4 Å². The zero-order valence-electron chi connectivity index (χ0n) is 10.00. The van der Waals surface area contributed by atoms with Crippen molar-refractivity contribution in [2.24, 2.45) is 5.84 Å². The molecule has 2 aromatic rings. The molecule has 2 rings (SSSR count). The minimum Gasteiger partial charge on any atom is -0.271 e. The van der Waals surface area contributed by atoms with Crippen LogP contribution in [0.25, 0.3) is 0 Å². The fourth-order valence-corrected chi connectivity index (χ4v) is 3.38. The molecule has 0 amide bonds. The lowest BCUT2D eigenvalue weighted by Gasteiger charge is -2.15. The van der Waals surface area contributed by atoms with Gasteiger partial charge >= 0.3 is 0 Å². The van der Waals surface area contributed by atoms with Gasteiger partial charge in [0.25, 0.3) is 0 Å². The van der Waals surface area contributed by atoms with Gasteiger partial charge in [0.2, 0.25) is 0 Å². The molecule has 2 nitrogen and oxygen atoms in total. The first kappa shape index (κ1) is 14.6. The molecule has 19 heavy (non-hydrogen) atoms. The lowest BCUT2D eigenvalue weighted by molar-refractivity contribution is 0.504. The fourth-order valence-electron chi connectivity index (χ4n) is 1.85. The Balaban J connectivity index is 2.06. The van der Waals surface area contributed by atoms with Crippen LogP contribution in [-0.2, 0) is 12.8 Å². The monoisotopic (exact) mass is 346 g/mol. The Hall–Kier alpha value is -0.820. The summed E-state index contributed by atoms with van der Waals surface area (Å²) < 4.78 is 27.4. The highest BCUT2D eigenvalue weighted by Gasteiger charge is 2.13. The molecule has 1 heterocycles. The summed E-state index contributed by atoms with van der Waals surface area (Å²) in [5, 5.41) is 1.99. The molecule has 0 saturated heterocycles. The molecule has 0 aliphatic carbocycles. The molecule has 0 fully saturated rings. The maximum absolute atomic E-state index is 13.6. The molecule has 1 aromatic carbocycles. The Bertz CT molecular complexity index is 559. The number of nitrogens with two attached hydrogens (primary N) is 1. The number of halogens is 3. The van der Waals surface area contributed by atoms with E-state index in [4.69, 9.17) is 5.84 Å². The number of thiophene rings is 1. The van der Waals surface area contributed by atoms with Gasteiger partial charge in [0.1, 0.15) is 11.6 Å². The first-order valence-corrected chi connectivity index (χ1v) is 7.38. The van der Waals surface area contributed by atoms with Gasteiger partial charge in [0, 0.05) is 26.8 Å². The standard InChI is InChI=1S/C13H13BrF2N2S/c14-9-4-12(19-7-9)6-11(18-17)3-8-1-2-10(15)5-13(8)16/h1-2,4-5,7,11,18H,3,6,17H2. The Morgan fingerprint density at radius 3 is 2.63 bits per heavy atom. The second kappa shape index (κ2) is 6.56. The molecular formula is C13H13BrF2N2S. The minimum atomic E-state index is -0.569. The predicted molar refractivity (Wildman–Crippen MR) is 76.9 cm³/mol. The maximum atomic E-state index is 13.6. The van der Waals surface area contributed by atoms with Crippen LogP contribution in [0, 0.1) is 11.6 Å². The van der Waals surface area contributed by atoms with Crippen LogP contribution in [0.4, 0.5) is 8.78 Å². The Labute approximate surface area is 122 Å². The summed E-state index contributed by atoms with van der Waals surface area (Å²) in [5.41, 5.74) is 3.14. The van der Waals surface area contributed by atoms with Crippen LogP contribution in [0.15, 0.2) is 34.1 Å². The number of nitrogens with one attached hydrogen (secondary N) is 1. The van der Waals surface area contributed by atoms with Gasteiger partial charge in [-0.05, 0) is 46.5 Å². The average Bonchev–Trinajstić information content (AvgIpc) is 2.77. The molecule has 3 N–H and O–H groups in total. The van der Waals surface area contributed by atoms with Crippen molar-refractivity contribution in [3.63, 3.8) is 0 Å². The van der Waals surface area contributed by atoms with Crippen molar-refractivity contribution in [3.05, 3.63) is 56.2 Å². The van der Waals surface area contributed by atoms with Gasteiger partial charge in [0.15, 0.2) is 0 Å². The Morgan fingerprint density at radius 2 is 2.05 bits per heavy atom. The summed E-state index contributed by atoms with van der Waals surface area (Å²) in [6, 6.07) is 5.53. The van der Waals surface area contributed by atoms with E-state index >= 15 is 0 Å². The highest BCUT2D eigenvalue weighted by atomic mass is 79.9. The maximum Gasteiger partial charge on any atom is 0.129 e. The van der Waals surface area contributed by atoms with E-state index in [1.165, 1.54) is 12.1 Å². The third-order valence-corrected chi connectivity index (χ3v) is 4.51. The van der Waals surface area contributed by atoms with Gasteiger partial charge < -0.3 is 0 Å². The number of rotatable bonds is 5. The van der Waals surface area contributed by atoms with E-state index < -0.39 is 11.6 Å². The van der Waals surface area contributed by atoms with Gasteiger partial charge in [-0.15, -0.1) is 11.3 Å². The summed E-state index contributed by atoms with van der Waals surface area (Å²) in [5.74, 6) is 4.40. The highest BCUT2D eigenvalue weighted by Crippen LogP contribution is 2.22. The molecule has 102 valence electrons. The van der Waals surface area contributed by atoms with Gasteiger partial charge in [-0.25, -0.2) is 8.78 Å². The van der Waals surface area contributed by atoms with Gasteiger partial charge in [-0.1, -0.05) is 6.07 Å². The molecule has 0 bridgehead atoms. The molecule has 1 atom stereocenters. The lowest BCUT2D eigenvalue weighted by Crippen LogP contribution is -2.38. The molecule has 1 unspecified atom stereocenters. The van der Waals surface area contributed by atoms with E-state index in [0.29, 0.717) is 18.4 Å². The zero-order chi connectivity index (χ0) is 13.8. The van der Waals surface area contributed by atoms with E-state index in [1.54, 1.807) is 11.3 Å². The second-order valence-corrected chi connectivity index (χ2v) is 6.15. The normalized spacial score (nSPS) is 12.6. The molecule has 0 aliphatic rings. The van der Waals surface area contributed by atoms with E-state index in [2.05, 4.69) is 21.4 Å². The SMILES string of the molecule is NNC(Cc1cc(Br)cs1)Cc1ccc(F)cc1F. The average molecular weight is 347 g/mol. The van der Waals surface area contributed by atoms with Crippen molar-refractivity contribution in [1.82, 2.24) is 5.43 Å². The molecule has 0 aliphatic heterocycles. The van der Waals surface area contributed by atoms with Crippen molar-refractivity contribution >= 4 is 27.3 Å². The van der Waals surface area contributed by atoms with Gasteiger partial charge in [0.05, 0.1) is 0 Å². The third-order valence-electron chi connectivity index (χ3n) is 2.79. The fraction of sp³-hybridized carbons (Fsp3) is 0.231. The van der Waals surface area contributed by atoms with Crippen LogP contribution in [0.5, 0.6) is 0 Å². The van der Waals surface area contributed by atoms with Crippen LogP contribution >= 0.6 is 27.3 Å². The van der Waals surface area contributed by atoms with Gasteiger partial charge in [-0.2, -0.15) is 0 Å². The van der Waals surface area contributed by atoms with Crippen LogP contribution in [-0.4, -0.2) is 6.04 Å². The van der Waals surface area contributed by atoms with Crippen LogP contribution in [0.1, 0.15) is 10.4 Å². The first-order chi connectivity index (χ1) is 9.08. The molecule has 6 heteroatoms. The zero-order valence-corrected chi connectivity index (χ0v) is 12.4. The smallest absolute Gasteiger partial charge is 0.129 e. The summed E-state index contributed by atoms with van der Waals surface area (Å²) >= 11 is 5.00. The van der Waals surface area contributed by atoms with Crippen molar-refractivity contribution < 1.29 is 8.78 Å². The molecule has 0 radical (unpaired) electrons. The van der Waals surface area contributed by atoms with Crippen LogP contribution < -0.4 is 11.3 Å². The quantitative estimate of drug-likeness (QED) is 0.643.